The molecule has 1 heterocycles. The Hall–Kier alpha value is -1.32. The minimum atomic E-state index is -3.72. The number of halogens is 1. The number of pyridine rings is 1. The van der Waals surface area contributed by atoms with Crippen molar-refractivity contribution in [3.05, 3.63) is 23.5 Å². The second kappa shape index (κ2) is 4.47. The number of nitriles is 1. The number of nitrogens with zero attached hydrogens (tertiary/aromatic N) is 2. The summed E-state index contributed by atoms with van der Waals surface area (Å²) >= 11 is 5.66. The molecule has 1 atom stereocenters. The molecule has 1 N–H and O–H groups in total. The number of rotatable bonds is 3. The van der Waals surface area contributed by atoms with Crippen LogP contribution in [0.3, 0.4) is 0 Å². The number of hydrogen-bond acceptors (Lipinski definition) is 4. The molecule has 0 spiro atoms. The van der Waals surface area contributed by atoms with Crippen LogP contribution < -0.4 is 4.72 Å². The first-order valence-electron chi connectivity index (χ1n) is 3.99. The van der Waals surface area contributed by atoms with Gasteiger partial charge in [-0.15, -0.1) is 0 Å². The largest absolute Gasteiger partial charge is 0.279 e. The summed E-state index contributed by atoms with van der Waals surface area (Å²) in [5, 5.41) is 7.40. The van der Waals surface area contributed by atoms with Crippen LogP contribution in [0.4, 0.5) is 5.69 Å². The van der Waals surface area contributed by atoms with E-state index >= 15 is 0 Å². The monoisotopic (exact) mass is 245 g/mol. The molecular formula is C8H8ClN3O2S. The van der Waals surface area contributed by atoms with Crippen molar-refractivity contribution < 1.29 is 8.42 Å². The van der Waals surface area contributed by atoms with Gasteiger partial charge in [0.05, 0.1) is 11.8 Å². The van der Waals surface area contributed by atoms with E-state index < -0.39 is 15.3 Å². The first-order valence-corrected chi connectivity index (χ1v) is 5.91. The highest BCUT2D eigenvalue weighted by Gasteiger charge is 2.20. The summed E-state index contributed by atoms with van der Waals surface area (Å²) in [5.74, 6) is 0. The topological polar surface area (TPSA) is 82.8 Å². The molecule has 1 aromatic rings. The lowest BCUT2D eigenvalue weighted by Gasteiger charge is -2.09. The summed E-state index contributed by atoms with van der Waals surface area (Å²) < 4.78 is 25.1. The lowest BCUT2D eigenvalue weighted by molar-refractivity contribution is 0.597. The first-order chi connectivity index (χ1) is 6.97. The maximum atomic E-state index is 11.5. The Morgan fingerprint density at radius 2 is 2.33 bits per heavy atom. The van der Waals surface area contributed by atoms with Gasteiger partial charge in [-0.25, -0.2) is 13.4 Å². The Labute approximate surface area is 92.8 Å². The molecule has 0 aliphatic carbocycles. The maximum Gasteiger partial charge on any atom is 0.248 e. The molecule has 1 rings (SSSR count). The predicted molar refractivity (Wildman–Crippen MR) is 56.9 cm³/mol. The molecule has 0 aromatic carbocycles. The van der Waals surface area contributed by atoms with Gasteiger partial charge in [0.25, 0.3) is 0 Å². The Morgan fingerprint density at radius 3 is 2.87 bits per heavy atom. The molecular weight excluding hydrogens is 238 g/mol. The SMILES string of the molecule is CC(C#N)S(=O)(=O)Nc1cccnc1Cl. The van der Waals surface area contributed by atoms with Crippen LogP contribution in [0.1, 0.15) is 6.92 Å². The first kappa shape index (κ1) is 11.8. The number of aromatic nitrogens is 1. The van der Waals surface area contributed by atoms with Gasteiger partial charge in [0, 0.05) is 6.20 Å². The highest BCUT2D eigenvalue weighted by molar-refractivity contribution is 7.93. The number of anilines is 1. The van der Waals surface area contributed by atoms with E-state index in [4.69, 9.17) is 16.9 Å². The molecule has 0 amide bonds. The number of hydrogen-bond donors (Lipinski definition) is 1. The normalized spacial score (nSPS) is 12.9. The predicted octanol–water partition coefficient (Wildman–Crippen LogP) is 1.39. The summed E-state index contributed by atoms with van der Waals surface area (Å²) in [5.41, 5.74) is 0.168. The van der Waals surface area contributed by atoms with Gasteiger partial charge >= 0.3 is 0 Å². The molecule has 5 nitrogen and oxygen atoms in total. The van der Waals surface area contributed by atoms with Crippen molar-refractivity contribution in [1.29, 1.82) is 5.26 Å². The van der Waals surface area contributed by atoms with Gasteiger partial charge < -0.3 is 0 Å². The second-order valence-electron chi connectivity index (χ2n) is 2.76. The van der Waals surface area contributed by atoms with Gasteiger partial charge in [-0.3, -0.25) is 4.72 Å². The van der Waals surface area contributed by atoms with Crippen molar-refractivity contribution in [2.75, 3.05) is 4.72 Å². The van der Waals surface area contributed by atoms with Crippen LogP contribution in [0, 0.1) is 11.3 Å². The highest BCUT2D eigenvalue weighted by Crippen LogP contribution is 2.19. The molecule has 0 saturated heterocycles. The van der Waals surface area contributed by atoms with Crippen molar-refractivity contribution in [3.63, 3.8) is 0 Å². The Bertz CT molecular complexity index is 495. The molecule has 0 fully saturated rings. The van der Waals surface area contributed by atoms with Gasteiger partial charge in [0.1, 0.15) is 0 Å². The van der Waals surface area contributed by atoms with E-state index in [0.717, 1.165) is 0 Å². The molecule has 0 saturated carbocycles. The van der Waals surface area contributed by atoms with Crippen LogP contribution in [0.2, 0.25) is 5.15 Å². The fourth-order valence-electron chi connectivity index (χ4n) is 0.773. The molecule has 1 aromatic heterocycles. The Balaban J connectivity index is 2.98. The van der Waals surface area contributed by atoms with Crippen molar-refractivity contribution >= 4 is 27.3 Å². The molecule has 1 unspecified atom stereocenters. The average Bonchev–Trinajstić information content (AvgIpc) is 2.20. The average molecular weight is 246 g/mol. The van der Waals surface area contributed by atoms with Gasteiger partial charge in [-0.1, -0.05) is 11.6 Å². The van der Waals surface area contributed by atoms with E-state index in [0.29, 0.717) is 0 Å². The van der Waals surface area contributed by atoms with E-state index in [9.17, 15) is 8.42 Å². The highest BCUT2D eigenvalue weighted by atomic mass is 35.5. The van der Waals surface area contributed by atoms with E-state index in [-0.39, 0.29) is 10.8 Å². The standard InChI is InChI=1S/C8H8ClN3O2S/c1-6(5-10)15(13,14)12-7-3-2-4-11-8(7)9/h2-4,6,12H,1H3. The lowest BCUT2D eigenvalue weighted by atomic mass is 10.4. The van der Waals surface area contributed by atoms with Crippen LogP contribution in [-0.4, -0.2) is 18.7 Å². The smallest absolute Gasteiger partial charge is 0.248 e. The summed E-state index contributed by atoms with van der Waals surface area (Å²) in [6.07, 6.45) is 1.44. The molecule has 0 aliphatic rings. The van der Waals surface area contributed by atoms with Crippen molar-refractivity contribution in [3.8, 4) is 6.07 Å². The van der Waals surface area contributed by atoms with E-state index in [1.807, 2.05) is 0 Å². The Kier molecular flexibility index (Phi) is 3.50. The summed E-state index contributed by atoms with van der Waals surface area (Å²) in [4.78, 5) is 3.70. The number of sulfonamides is 1. The summed E-state index contributed by atoms with van der Waals surface area (Å²) in [6, 6.07) is 4.64. The fourth-order valence-corrected chi connectivity index (χ4v) is 1.78. The third-order valence-corrected chi connectivity index (χ3v) is 3.50. The summed E-state index contributed by atoms with van der Waals surface area (Å²) in [6.45, 7) is 1.28. The Morgan fingerprint density at radius 1 is 1.67 bits per heavy atom. The maximum absolute atomic E-state index is 11.5. The zero-order chi connectivity index (χ0) is 11.5. The van der Waals surface area contributed by atoms with Crippen molar-refractivity contribution in [2.45, 2.75) is 12.2 Å². The molecule has 80 valence electrons. The summed E-state index contributed by atoms with van der Waals surface area (Å²) in [7, 11) is -3.72. The lowest BCUT2D eigenvalue weighted by Crippen LogP contribution is -2.24. The van der Waals surface area contributed by atoms with Crippen LogP contribution in [0.25, 0.3) is 0 Å². The molecule has 15 heavy (non-hydrogen) atoms. The zero-order valence-corrected chi connectivity index (χ0v) is 9.38. The molecule has 0 bridgehead atoms. The third-order valence-electron chi connectivity index (χ3n) is 1.66. The minimum Gasteiger partial charge on any atom is -0.279 e. The third kappa shape index (κ3) is 2.81. The molecule has 0 radical (unpaired) electrons. The van der Waals surface area contributed by atoms with Gasteiger partial charge in [0.2, 0.25) is 10.0 Å². The van der Waals surface area contributed by atoms with Gasteiger partial charge in [-0.2, -0.15) is 5.26 Å². The van der Waals surface area contributed by atoms with Crippen LogP contribution >= 0.6 is 11.6 Å². The van der Waals surface area contributed by atoms with Gasteiger partial charge in [0.15, 0.2) is 10.4 Å². The van der Waals surface area contributed by atoms with Crippen molar-refractivity contribution in [2.24, 2.45) is 0 Å². The zero-order valence-electron chi connectivity index (χ0n) is 7.81. The van der Waals surface area contributed by atoms with Gasteiger partial charge in [-0.05, 0) is 19.1 Å². The second-order valence-corrected chi connectivity index (χ2v) is 5.12. The van der Waals surface area contributed by atoms with E-state index in [1.54, 1.807) is 12.1 Å². The fraction of sp³-hybridized carbons (Fsp3) is 0.250. The van der Waals surface area contributed by atoms with Crippen molar-refractivity contribution in [1.82, 2.24) is 4.98 Å². The van der Waals surface area contributed by atoms with Crippen LogP contribution in [0.5, 0.6) is 0 Å². The quantitative estimate of drug-likeness (QED) is 0.816. The number of nitrogens with one attached hydrogen (secondary N) is 1. The van der Waals surface area contributed by atoms with E-state index in [2.05, 4.69) is 9.71 Å². The minimum absolute atomic E-state index is 0.0474. The molecule has 0 aliphatic heterocycles. The van der Waals surface area contributed by atoms with Crippen LogP contribution in [-0.2, 0) is 10.0 Å². The van der Waals surface area contributed by atoms with E-state index in [1.165, 1.54) is 19.2 Å². The van der Waals surface area contributed by atoms with Crippen LogP contribution in [0.15, 0.2) is 18.3 Å². The molecule has 7 heteroatoms.